The summed E-state index contributed by atoms with van der Waals surface area (Å²) < 4.78 is 58.4. The summed E-state index contributed by atoms with van der Waals surface area (Å²) in [5.41, 5.74) is 3.69. The Morgan fingerprint density at radius 2 is 1.06 bits per heavy atom. The summed E-state index contributed by atoms with van der Waals surface area (Å²) in [6.45, 7) is 3.63. The first-order valence-electron chi connectivity index (χ1n) is 12.0. The van der Waals surface area contributed by atoms with Gasteiger partial charge in [0, 0.05) is 11.1 Å². The van der Waals surface area contributed by atoms with E-state index in [1.807, 2.05) is 6.07 Å². The van der Waals surface area contributed by atoms with Gasteiger partial charge in [0.1, 0.15) is 23.3 Å². The molecule has 4 heteroatoms. The lowest BCUT2D eigenvalue weighted by molar-refractivity contribution is 0.577. The summed E-state index contributed by atoms with van der Waals surface area (Å²) in [6.07, 6.45) is 3.65. The molecule has 0 saturated carbocycles. The molecule has 0 aliphatic rings. The van der Waals surface area contributed by atoms with Crippen molar-refractivity contribution in [3.8, 4) is 34.1 Å². The van der Waals surface area contributed by atoms with Gasteiger partial charge in [-0.2, -0.15) is 0 Å². The lowest BCUT2D eigenvalue weighted by Gasteiger charge is -2.10. The van der Waals surface area contributed by atoms with Crippen molar-refractivity contribution in [3.05, 3.63) is 118 Å². The van der Waals surface area contributed by atoms with Crippen LogP contribution in [0.4, 0.5) is 17.6 Å². The van der Waals surface area contributed by atoms with Crippen molar-refractivity contribution in [2.75, 3.05) is 0 Å². The average Bonchev–Trinajstić information content (AvgIpc) is 2.86. The first-order valence-corrected chi connectivity index (χ1v) is 12.0. The summed E-state index contributed by atoms with van der Waals surface area (Å²) in [5.74, 6) is 1.96. The monoisotopic (exact) mass is 486 g/mol. The molecule has 4 aromatic rings. The maximum atomic E-state index is 14.9. The molecule has 0 aliphatic heterocycles. The molecule has 0 aliphatic carbocycles. The van der Waals surface area contributed by atoms with Crippen LogP contribution in [0.1, 0.15) is 42.5 Å². The second-order valence-corrected chi connectivity index (χ2v) is 8.77. The number of benzene rings is 4. The molecule has 0 unspecified atom stereocenters. The molecule has 0 atom stereocenters. The minimum atomic E-state index is -0.860. The molecule has 0 amide bonds. The van der Waals surface area contributed by atoms with E-state index in [-0.39, 0.29) is 22.3 Å². The lowest BCUT2D eigenvalue weighted by atomic mass is 9.96. The Bertz CT molecular complexity index is 1420. The van der Waals surface area contributed by atoms with E-state index in [2.05, 4.69) is 43.0 Å². The van der Waals surface area contributed by atoms with E-state index in [1.165, 1.54) is 36.2 Å². The number of hydrogen-bond acceptors (Lipinski definition) is 0. The van der Waals surface area contributed by atoms with Crippen LogP contribution in [0.25, 0.3) is 22.3 Å². The normalized spacial score (nSPS) is 10.7. The zero-order valence-electron chi connectivity index (χ0n) is 20.3. The lowest BCUT2D eigenvalue weighted by Crippen LogP contribution is -1.96. The van der Waals surface area contributed by atoms with Gasteiger partial charge in [-0.25, -0.2) is 17.6 Å². The molecule has 4 rings (SSSR count). The summed E-state index contributed by atoms with van der Waals surface area (Å²) in [7, 11) is 0. The van der Waals surface area contributed by atoms with Crippen LogP contribution in [-0.4, -0.2) is 0 Å². The van der Waals surface area contributed by atoms with Crippen molar-refractivity contribution < 1.29 is 17.6 Å². The van der Waals surface area contributed by atoms with Crippen molar-refractivity contribution >= 4 is 0 Å². The van der Waals surface area contributed by atoms with Gasteiger partial charge in [-0.05, 0) is 78.3 Å². The van der Waals surface area contributed by atoms with Crippen LogP contribution in [0.2, 0.25) is 0 Å². The molecule has 182 valence electrons. The van der Waals surface area contributed by atoms with Gasteiger partial charge in [0.2, 0.25) is 0 Å². The number of aryl methyl sites for hydroxylation is 3. The second-order valence-electron chi connectivity index (χ2n) is 8.77. The third-order valence-electron chi connectivity index (χ3n) is 6.18. The third kappa shape index (κ3) is 5.69. The van der Waals surface area contributed by atoms with Crippen LogP contribution in [0.15, 0.2) is 72.8 Å². The van der Waals surface area contributed by atoms with Crippen LogP contribution in [-0.2, 0) is 19.3 Å². The Kier molecular flexibility index (Phi) is 7.90. The Balaban J connectivity index is 1.52. The third-order valence-corrected chi connectivity index (χ3v) is 6.18. The van der Waals surface area contributed by atoms with Gasteiger partial charge in [-0.3, -0.25) is 0 Å². The minimum Gasteiger partial charge on any atom is -0.206 e. The summed E-state index contributed by atoms with van der Waals surface area (Å²) >= 11 is 0. The quantitative estimate of drug-likeness (QED) is 0.181. The Hall–Kier alpha value is -3.84. The number of halogens is 4. The molecule has 0 aromatic heterocycles. The predicted molar refractivity (Wildman–Crippen MR) is 138 cm³/mol. The molecule has 0 heterocycles. The minimum absolute atomic E-state index is 0.0227. The molecule has 0 nitrogen and oxygen atoms in total. The SMILES string of the molecule is CC#Cc1c(F)cc(-c2ccc(-c3ccc(CCc4ccc(CCC)cc4)cc3F)cc2F)cc1F. The fourth-order valence-electron chi connectivity index (χ4n) is 4.29. The van der Waals surface area contributed by atoms with Gasteiger partial charge in [0.05, 0.1) is 5.56 Å². The Labute approximate surface area is 209 Å². The van der Waals surface area contributed by atoms with E-state index < -0.39 is 23.3 Å². The predicted octanol–water partition coefficient (Wildman–Crippen LogP) is 8.69. The van der Waals surface area contributed by atoms with Crippen LogP contribution in [0.5, 0.6) is 0 Å². The van der Waals surface area contributed by atoms with Crippen molar-refractivity contribution in [2.45, 2.75) is 39.5 Å². The van der Waals surface area contributed by atoms with Gasteiger partial charge in [-0.1, -0.05) is 67.8 Å². The smallest absolute Gasteiger partial charge is 0.142 e. The van der Waals surface area contributed by atoms with Crippen LogP contribution >= 0.6 is 0 Å². The highest BCUT2D eigenvalue weighted by molar-refractivity contribution is 5.72. The maximum absolute atomic E-state index is 14.9. The highest BCUT2D eigenvalue weighted by atomic mass is 19.1. The average molecular weight is 487 g/mol. The van der Waals surface area contributed by atoms with Crippen molar-refractivity contribution in [2.24, 2.45) is 0 Å². The molecule has 36 heavy (non-hydrogen) atoms. The first kappa shape index (κ1) is 25.3. The molecule has 0 radical (unpaired) electrons. The zero-order chi connectivity index (χ0) is 25.7. The van der Waals surface area contributed by atoms with Crippen LogP contribution < -0.4 is 0 Å². The van der Waals surface area contributed by atoms with Gasteiger partial charge < -0.3 is 0 Å². The van der Waals surface area contributed by atoms with Gasteiger partial charge >= 0.3 is 0 Å². The number of rotatable bonds is 7. The van der Waals surface area contributed by atoms with Crippen molar-refractivity contribution in [3.63, 3.8) is 0 Å². The molecular weight excluding hydrogens is 460 g/mol. The highest BCUT2D eigenvalue weighted by Gasteiger charge is 2.15. The maximum Gasteiger partial charge on any atom is 0.142 e. The molecule has 0 fully saturated rings. The van der Waals surface area contributed by atoms with Crippen LogP contribution in [0.3, 0.4) is 0 Å². The van der Waals surface area contributed by atoms with E-state index in [1.54, 1.807) is 12.1 Å². The fraction of sp³-hybridized carbons (Fsp3) is 0.188. The molecular formula is C32H26F4. The summed E-state index contributed by atoms with van der Waals surface area (Å²) in [5, 5.41) is 0. The van der Waals surface area contributed by atoms with Crippen molar-refractivity contribution in [1.82, 2.24) is 0 Å². The summed E-state index contributed by atoms with van der Waals surface area (Å²) in [6, 6.07) is 19.7. The molecule has 4 aromatic carbocycles. The fourth-order valence-corrected chi connectivity index (χ4v) is 4.29. The largest absolute Gasteiger partial charge is 0.206 e. The van der Waals surface area contributed by atoms with E-state index in [9.17, 15) is 17.6 Å². The topological polar surface area (TPSA) is 0 Å². The van der Waals surface area contributed by atoms with Gasteiger partial charge in [-0.15, -0.1) is 5.92 Å². The molecule has 0 spiro atoms. The van der Waals surface area contributed by atoms with E-state index in [4.69, 9.17) is 0 Å². The first-order chi connectivity index (χ1) is 17.4. The van der Waals surface area contributed by atoms with Crippen LogP contribution in [0, 0.1) is 35.1 Å². The van der Waals surface area contributed by atoms with Crippen molar-refractivity contribution in [1.29, 1.82) is 0 Å². The van der Waals surface area contributed by atoms with E-state index in [0.29, 0.717) is 12.0 Å². The summed E-state index contributed by atoms with van der Waals surface area (Å²) in [4.78, 5) is 0. The highest BCUT2D eigenvalue weighted by Crippen LogP contribution is 2.31. The second kappa shape index (κ2) is 11.3. The molecule has 0 bridgehead atoms. The van der Waals surface area contributed by atoms with Gasteiger partial charge in [0.25, 0.3) is 0 Å². The zero-order valence-corrected chi connectivity index (χ0v) is 20.3. The molecule has 0 N–H and O–H groups in total. The molecule has 0 saturated heterocycles. The standard InChI is InChI=1S/C32H26F4/c1-3-5-21-7-9-22(10-8-21)11-12-23-13-15-26(29(33)17-23)24-14-16-27(30(34)18-24)25-19-31(35)28(6-4-2)32(36)20-25/h7-10,13-20H,3,5,11-12H2,1-2H3. The van der Waals surface area contributed by atoms with Gasteiger partial charge in [0.15, 0.2) is 0 Å². The number of hydrogen-bond donors (Lipinski definition) is 0. The van der Waals surface area contributed by atoms with E-state index in [0.717, 1.165) is 37.0 Å². The Morgan fingerprint density at radius 1 is 0.556 bits per heavy atom. The van der Waals surface area contributed by atoms with E-state index >= 15 is 0 Å². The Morgan fingerprint density at radius 3 is 1.64 bits per heavy atom.